The fourth-order valence-electron chi connectivity index (χ4n) is 2.84. The first-order valence-electron chi connectivity index (χ1n) is 6.98. The minimum atomic E-state index is 0.524. The van der Waals surface area contributed by atoms with Crippen molar-refractivity contribution in [1.29, 1.82) is 0 Å². The molecule has 0 aromatic heterocycles. The van der Waals surface area contributed by atoms with Crippen molar-refractivity contribution in [1.82, 2.24) is 0 Å². The van der Waals surface area contributed by atoms with Crippen LogP contribution in [0.3, 0.4) is 0 Å². The molecule has 0 saturated heterocycles. The van der Waals surface area contributed by atoms with Gasteiger partial charge in [0.1, 0.15) is 0 Å². The molecule has 0 atom stereocenters. The van der Waals surface area contributed by atoms with E-state index in [1.165, 1.54) is 49.0 Å². The molecule has 100 valence electrons. The van der Waals surface area contributed by atoms with E-state index in [1.54, 1.807) is 0 Å². The number of hydrogen-bond acceptors (Lipinski definition) is 2. The summed E-state index contributed by atoms with van der Waals surface area (Å²) in [5.41, 5.74) is 3.36. The summed E-state index contributed by atoms with van der Waals surface area (Å²) in [6.07, 6.45) is 7.02. The number of benzene rings is 1. The van der Waals surface area contributed by atoms with Crippen molar-refractivity contribution in [3.05, 3.63) is 35.4 Å². The quantitative estimate of drug-likeness (QED) is 0.731. The third-order valence-electron chi connectivity index (χ3n) is 4.01. The van der Waals surface area contributed by atoms with Gasteiger partial charge >= 0.3 is 0 Å². The van der Waals surface area contributed by atoms with Crippen LogP contribution < -0.4 is 0 Å². The zero-order valence-corrected chi connectivity index (χ0v) is 13.0. The van der Waals surface area contributed by atoms with Crippen LogP contribution in [-0.2, 0) is 5.75 Å². The lowest BCUT2D eigenvalue weighted by molar-refractivity contribution is 0.259. The van der Waals surface area contributed by atoms with Crippen molar-refractivity contribution in [2.75, 3.05) is 11.5 Å². The van der Waals surface area contributed by atoms with Crippen LogP contribution >= 0.6 is 24.4 Å². The highest BCUT2D eigenvalue weighted by Gasteiger charge is 2.30. The van der Waals surface area contributed by atoms with E-state index in [0.29, 0.717) is 5.41 Å². The van der Waals surface area contributed by atoms with Crippen molar-refractivity contribution in [3.8, 4) is 0 Å². The van der Waals surface area contributed by atoms with Crippen LogP contribution in [0.5, 0.6) is 0 Å². The van der Waals surface area contributed by atoms with Gasteiger partial charge in [-0.15, -0.1) is 0 Å². The Morgan fingerprint density at radius 3 is 2.67 bits per heavy atom. The summed E-state index contributed by atoms with van der Waals surface area (Å²) < 4.78 is 0. The van der Waals surface area contributed by atoms with Crippen LogP contribution in [0.15, 0.2) is 24.3 Å². The third kappa shape index (κ3) is 3.96. The molecule has 1 fully saturated rings. The van der Waals surface area contributed by atoms with Crippen LogP contribution in [0.2, 0.25) is 0 Å². The lowest BCUT2D eigenvalue weighted by atomic mass is 9.77. The first-order chi connectivity index (χ1) is 8.74. The van der Waals surface area contributed by atoms with Crippen molar-refractivity contribution in [2.24, 2.45) is 5.41 Å². The van der Waals surface area contributed by atoms with Gasteiger partial charge in [-0.25, -0.2) is 0 Å². The van der Waals surface area contributed by atoms with Gasteiger partial charge in [-0.1, -0.05) is 49.1 Å². The van der Waals surface area contributed by atoms with E-state index in [0.717, 1.165) is 11.5 Å². The average molecular weight is 281 g/mol. The molecule has 0 aliphatic heterocycles. The minimum Gasteiger partial charge on any atom is -0.179 e. The fraction of sp³-hybridized carbons (Fsp3) is 0.625. The number of thioether (sulfide) groups is 1. The van der Waals surface area contributed by atoms with Gasteiger partial charge in [0.25, 0.3) is 0 Å². The monoisotopic (exact) mass is 280 g/mol. The summed E-state index contributed by atoms with van der Waals surface area (Å²) >= 11 is 6.71. The molecule has 0 spiro atoms. The lowest BCUT2D eigenvalue weighted by Crippen LogP contribution is -2.28. The molecular formula is C16H24S2. The van der Waals surface area contributed by atoms with Gasteiger partial charge in [0, 0.05) is 11.5 Å². The minimum absolute atomic E-state index is 0.524. The number of rotatable bonds is 5. The zero-order chi connectivity index (χ0) is 12.8. The molecule has 0 radical (unpaired) electrons. The Labute approximate surface area is 121 Å². The summed E-state index contributed by atoms with van der Waals surface area (Å²) in [5, 5.41) is 0. The smallest absolute Gasteiger partial charge is 0.0184 e. The van der Waals surface area contributed by atoms with Gasteiger partial charge in [-0.2, -0.15) is 24.4 Å². The largest absolute Gasteiger partial charge is 0.179 e. The van der Waals surface area contributed by atoms with E-state index in [1.807, 2.05) is 0 Å². The van der Waals surface area contributed by atoms with Crippen LogP contribution in [0, 0.1) is 12.3 Å². The van der Waals surface area contributed by atoms with Gasteiger partial charge in [0.15, 0.2) is 0 Å². The molecule has 1 saturated carbocycles. The molecule has 1 aliphatic rings. The maximum Gasteiger partial charge on any atom is 0.0184 e. The maximum absolute atomic E-state index is 4.61. The second kappa shape index (κ2) is 6.91. The fourth-order valence-corrected chi connectivity index (χ4v) is 4.76. The summed E-state index contributed by atoms with van der Waals surface area (Å²) in [6.45, 7) is 2.17. The molecule has 2 rings (SSSR count). The Morgan fingerprint density at radius 2 is 2.00 bits per heavy atom. The highest BCUT2D eigenvalue weighted by molar-refractivity contribution is 7.98. The number of thiol groups is 1. The molecule has 18 heavy (non-hydrogen) atoms. The van der Waals surface area contributed by atoms with Gasteiger partial charge in [-0.3, -0.25) is 0 Å². The summed E-state index contributed by atoms with van der Waals surface area (Å²) in [4.78, 5) is 0. The standard InChI is InChI=1S/C16H24S2/c1-14-6-5-7-15(10-14)11-18-13-16(12-17)8-3-2-4-9-16/h5-7,10,17H,2-4,8-9,11-13H2,1H3. The lowest BCUT2D eigenvalue weighted by Gasteiger charge is -2.35. The van der Waals surface area contributed by atoms with E-state index in [9.17, 15) is 0 Å². The summed E-state index contributed by atoms with van der Waals surface area (Å²) in [6, 6.07) is 8.89. The SMILES string of the molecule is Cc1cccc(CSCC2(CS)CCCCC2)c1. The van der Waals surface area contributed by atoms with Crippen molar-refractivity contribution in [2.45, 2.75) is 44.8 Å². The first-order valence-corrected chi connectivity index (χ1v) is 8.77. The maximum atomic E-state index is 4.61. The summed E-state index contributed by atoms with van der Waals surface area (Å²) in [5.74, 6) is 3.50. The van der Waals surface area contributed by atoms with Crippen molar-refractivity contribution >= 4 is 24.4 Å². The van der Waals surface area contributed by atoms with Crippen LogP contribution in [0.25, 0.3) is 0 Å². The van der Waals surface area contributed by atoms with Gasteiger partial charge in [-0.05, 0) is 36.5 Å². The Balaban J connectivity index is 1.83. The van der Waals surface area contributed by atoms with Crippen molar-refractivity contribution in [3.63, 3.8) is 0 Å². The van der Waals surface area contributed by atoms with Gasteiger partial charge < -0.3 is 0 Å². The molecule has 0 N–H and O–H groups in total. The van der Waals surface area contributed by atoms with Crippen LogP contribution in [0.4, 0.5) is 0 Å². The average Bonchev–Trinajstić information content (AvgIpc) is 2.40. The first kappa shape index (κ1) is 14.3. The molecule has 2 heteroatoms. The predicted molar refractivity (Wildman–Crippen MR) is 86.7 cm³/mol. The second-order valence-corrected chi connectivity index (χ2v) is 7.00. The molecule has 1 aromatic carbocycles. The van der Waals surface area contributed by atoms with E-state index in [-0.39, 0.29) is 0 Å². The Morgan fingerprint density at radius 1 is 1.22 bits per heavy atom. The Hall–Kier alpha value is -0.0800. The second-order valence-electron chi connectivity index (χ2n) is 5.70. The molecule has 0 heterocycles. The molecular weight excluding hydrogens is 256 g/mol. The van der Waals surface area contributed by atoms with Crippen LogP contribution in [0.1, 0.15) is 43.2 Å². The highest BCUT2D eigenvalue weighted by atomic mass is 32.2. The molecule has 0 amide bonds. The Bertz CT molecular complexity index is 367. The van der Waals surface area contributed by atoms with Crippen molar-refractivity contribution < 1.29 is 0 Å². The Kier molecular flexibility index (Phi) is 5.50. The van der Waals surface area contributed by atoms with E-state index in [2.05, 4.69) is 55.6 Å². The topological polar surface area (TPSA) is 0 Å². The number of hydrogen-bond donors (Lipinski definition) is 1. The van der Waals surface area contributed by atoms with Crippen LogP contribution in [-0.4, -0.2) is 11.5 Å². The normalized spacial score (nSPS) is 18.8. The van der Waals surface area contributed by atoms with Gasteiger partial charge in [0.2, 0.25) is 0 Å². The van der Waals surface area contributed by atoms with E-state index < -0.39 is 0 Å². The molecule has 0 bridgehead atoms. The predicted octanol–water partition coefficient (Wildman–Crippen LogP) is 5.11. The summed E-state index contributed by atoms with van der Waals surface area (Å²) in [7, 11) is 0. The molecule has 1 aliphatic carbocycles. The van der Waals surface area contributed by atoms with Gasteiger partial charge in [0.05, 0.1) is 0 Å². The van der Waals surface area contributed by atoms with E-state index in [4.69, 9.17) is 0 Å². The zero-order valence-electron chi connectivity index (χ0n) is 11.3. The molecule has 0 unspecified atom stereocenters. The molecule has 1 aromatic rings. The number of aryl methyl sites for hydroxylation is 1. The highest BCUT2D eigenvalue weighted by Crippen LogP contribution is 2.40. The third-order valence-corrected chi connectivity index (χ3v) is 6.03. The van der Waals surface area contributed by atoms with E-state index >= 15 is 0 Å². The molecule has 0 nitrogen and oxygen atoms in total.